The van der Waals surface area contributed by atoms with Gasteiger partial charge < -0.3 is 9.80 Å². The molecular formula is C21H28N6O. The summed E-state index contributed by atoms with van der Waals surface area (Å²) in [6, 6.07) is 2.02. The number of hydrogen-bond donors (Lipinski definition) is 0. The first-order valence-electron chi connectivity index (χ1n) is 10.5. The van der Waals surface area contributed by atoms with E-state index in [1.165, 1.54) is 12.8 Å². The zero-order valence-corrected chi connectivity index (χ0v) is 16.7. The molecule has 0 N–H and O–H groups in total. The van der Waals surface area contributed by atoms with Crippen LogP contribution < -0.4 is 4.90 Å². The lowest BCUT2D eigenvalue weighted by atomic mass is 10.0. The van der Waals surface area contributed by atoms with Gasteiger partial charge in [-0.15, -0.1) is 0 Å². The van der Waals surface area contributed by atoms with Crippen LogP contribution in [0.2, 0.25) is 0 Å². The summed E-state index contributed by atoms with van der Waals surface area (Å²) in [5.41, 5.74) is 2.91. The van der Waals surface area contributed by atoms with Gasteiger partial charge in [0.15, 0.2) is 0 Å². The van der Waals surface area contributed by atoms with Crippen LogP contribution in [0.5, 0.6) is 0 Å². The third-order valence-corrected chi connectivity index (χ3v) is 6.44. The van der Waals surface area contributed by atoms with E-state index in [1.54, 1.807) is 0 Å². The Morgan fingerprint density at radius 1 is 1.18 bits per heavy atom. The minimum atomic E-state index is 0.0571. The summed E-state index contributed by atoms with van der Waals surface area (Å²) >= 11 is 0. The predicted octanol–water partition coefficient (Wildman–Crippen LogP) is 2.80. The average molecular weight is 380 g/mol. The van der Waals surface area contributed by atoms with Gasteiger partial charge in [-0.25, -0.2) is 9.97 Å². The number of nitrogens with zero attached hydrogens (tertiary/aromatic N) is 6. The molecular weight excluding hydrogens is 352 g/mol. The number of amides is 1. The third-order valence-electron chi connectivity index (χ3n) is 6.44. The molecule has 2 aromatic heterocycles. The molecule has 1 saturated carbocycles. The summed E-state index contributed by atoms with van der Waals surface area (Å²) < 4.78 is 1.85. The van der Waals surface area contributed by atoms with Crippen molar-refractivity contribution in [3.63, 3.8) is 0 Å². The maximum absolute atomic E-state index is 12.9. The summed E-state index contributed by atoms with van der Waals surface area (Å²) in [6.45, 7) is 5.05. The summed E-state index contributed by atoms with van der Waals surface area (Å²) in [5, 5.41) is 4.78. The molecule has 7 nitrogen and oxygen atoms in total. The summed E-state index contributed by atoms with van der Waals surface area (Å²) in [5.74, 6) is 1.86. The molecule has 3 aliphatic rings. The molecule has 7 heteroatoms. The van der Waals surface area contributed by atoms with Crippen LogP contribution in [0.3, 0.4) is 0 Å². The molecule has 3 fully saturated rings. The van der Waals surface area contributed by atoms with Gasteiger partial charge in [-0.1, -0.05) is 6.92 Å². The van der Waals surface area contributed by atoms with Crippen molar-refractivity contribution in [2.45, 2.75) is 45.1 Å². The van der Waals surface area contributed by atoms with Crippen LogP contribution in [0.1, 0.15) is 50.8 Å². The summed E-state index contributed by atoms with van der Waals surface area (Å²) in [4.78, 5) is 26.6. The lowest BCUT2D eigenvalue weighted by molar-refractivity contribution is -0.133. The van der Waals surface area contributed by atoms with Crippen LogP contribution in [0.4, 0.5) is 5.95 Å². The van der Waals surface area contributed by atoms with Crippen LogP contribution in [0.25, 0.3) is 11.3 Å². The maximum Gasteiger partial charge on any atom is 0.226 e. The van der Waals surface area contributed by atoms with Crippen LogP contribution in [-0.2, 0) is 11.8 Å². The fourth-order valence-corrected chi connectivity index (χ4v) is 4.71. The number of anilines is 1. The standard InChI is InChI=1S/C21H28N6O/c1-14-12-15(14)20(28)27-11-5-6-18(27)19-16(13-25(2)24-19)17-7-8-22-21(23-17)26-9-3-4-10-26/h7-8,13-15,18H,3-6,9-12H2,1-2H3/t14-,15+,18-/m1/s1. The van der Waals surface area contributed by atoms with E-state index in [1.807, 2.05) is 30.2 Å². The molecule has 4 heterocycles. The van der Waals surface area contributed by atoms with Crippen molar-refractivity contribution in [3.05, 3.63) is 24.2 Å². The Morgan fingerprint density at radius 2 is 1.96 bits per heavy atom. The molecule has 2 aromatic rings. The first-order chi connectivity index (χ1) is 13.6. The second-order valence-electron chi connectivity index (χ2n) is 8.55. The van der Waals surface area contributed by atoms with Gasteiger partial charge in [-0.2, -0.15) is 5.10 Å². The Labute approximate surface area is 165 Å². The zero-order chi connectivity index (χ0) is 19.3. The van der Waals surface area contributed by atoms with Gasteiger partial charge in [0.25, 0.3) is 0 Å². The molecule has 0 spiro atoms. The molecule has 1 aliphatic carbocycles. The van der Waals surface area contributed by atoms with Gasteiger partial charge in [0.2, 0.25) is 11.9 Å². The Morgan fingerprint density at radius 3 is 2.71 bits per heavy atom. The number of carbonyl (C=O) groups excluding carboxylic acids is 1. The van der Waals surface area contributed by atoms with Crippen molar-refractivity contribution in [2.24, 2.45) is 18.9 Å². The second kappa shape index (κ2) is 6.87. The SMILES string of the molecule is C[C@@H]1C[C@@H]1C(=O)N1CCC[C@@H]1c1nn(C)cc1-c1ccnc(N2CCCC2)n1. The van der Waals surface area contributed by atoms with Gasteiger partial charge in [0, 0.05) is 50.6 Å². The molecule has 0 unspecified atom stereocenters. The van der Waals surface area contributed by atoms with E-state index < -0.39 is 0 Å². The molecule has 148 valence electrons. The summed E-state index contributed by atoms with van der Waals surface area (Å²) in [6.07, 6.45) is 9.32. The molecule has 2 aliphatic heterocycles. The predicted molar refractivity (Wildman–Crippen MR) is 107 cm³/mol. The highest BCUT2D eigenvalue weighted by Crippen LogP contribution is 2.44. The van der Waals surface area contributed by atoms with Crippen LogP contribution in [0.15, 0.2) is 18.5 Å². The van der Waals surface area contributed by atoms with Crippen molar-refractivity contribution in [1.82, 2.24) is 24.6 Å². The number of likely N-dealkylation sites (tertiary alicyclic amines) is 1. The maximum atomic E-state index is 12.9. The topological polar surface area (TPSA) is 67.2 Å². The van der Waals surface area contributed by atoms with E-state index in [2.05, 4.69) is 21.7 Å². The number of rotatable bonds is 4. The smallest absolute Gasteiger partial charge is 0.226 e. The monoisotopic (exact) mass is 380 g/mol. The minimum Gasteiger partial charge on any atom is -0.341 e. The van der Waals surface area contributed by atoms with Crippen molar-refractivity contribution in [1.29, 1.82) is 0 Å². The molecule has 0 bridgehead atoms. The first-order valence-corrected chi connectivity index (χ1v) is 10.5. The quantitative estimate of drug-likeness (QED) is 0.816. The molecule has 2 saturated heterocycles. The number of hydrogen-bond acceptors (Lipinski definition) is 5. The third kappa shape index (κ3) is 3.06. The fraction of sp³-hybridized carbons (Fsp3) is 0.619. The van der Waals surface area contributed by atoms with Gasteiger partial charge in [-0.05, 0) is 44.1 Å². The molecule has 1 amide bonds. The number of carbonyl (C=O) groups is 1. The van der Waals surface area contributed by atoms with E-state index in [0.717, 1.165) is 61.8 Å². The Hall–Kier alpha value is -2.44. The molecule has 28 heavy (non-hydrogen) atoms. The fourth-order valence-electron chi connectivity index (χ4n) is 4.71. The van der Waals surface area contributed by atoms with E-state index >= 15 is 0 Å². The van der Waals surface area contributed by atoms with Crippen LogP contribution >= 0.6 is 0 Å². The summed E-state index contributed by atoms with van der Waals surface area (Å²) in [7, 11) is 1.94. The highest BCUT2D eigenvalue weighted by molar-refractivity contribution is 5.82. The van der Waals surface area contributed by atoms with Gasteiger partial charge in [0.1, 0.15) is 0 Å². The van der Waals surface area contributed by atoms with E-state index in [-0.39, 0.29) is 12.0 Å². The molecule has 0 aromatic carbocycles. The lowest BCUT2D eigenvalue weighted by Crippen LogP contribution is -2.32. The molecule has 5 rings (SSSR count). The highest BCUT2D eigenvalue weighted by Gasteiger charge is 2.45. The second-order valence-corrected chi connectivity index (χ2v) is 8.55. The Balaban J connectivity index is 1.47. The van der Waals surface area contributed by atoms with Crippen molar-refractivity contribution < 1.29 is 4.79 Å². The Kier molecular flexibility index (Phi) is 4.33. The Bertz CT molecular complexity index is 887. The van der Waals surface area contributed by atoms with Crippen LogP contribution in [-0.4, -0.2) is 50.2 Å². The lowest BCUT2D eigenvalue weighted by Gasteiger charge is -2.24. The van der Waals surface area contributed by atoms with E-state index in [0.29, 0.717) is 11.8 Å². The zero-order valence-electron chi connectivity index (χ0n) is 16.7. The van der Waals surface area contributed by atoms with E-state index in [9.17, 15) is 4.79 Å². The number of aryl methyl sites for hydroxylation is 1. The highest BCUT2D eigenvalue weighted by atomic mass is 16.2. The normalized spacial score (nSPS) is 26.9. The van der Waals surface area contributed by atoms with Gasteiger partial charge >= 0.3 is 0 Å². The molecule has 0 radical (unpaired) electrons. The average Bonchev–Trinajstić information content (AvgIpc) is 3.17. The van der Waals surface area contributed by atoms with Gasteiger partial charge in [-0.3, -0.25) is 9.48 Å². The minimum absolute atomic E-state index is 0.0571. The van der Waals surface area contributed by atoms with Crippen molar-refractivity contribution in [3.8, 4) is 11.3 Å². The van der Waals surface area contributed by atoms with E-state index in [4.69, 9.17) is 10.1 Å². The number of aromatic nitrogens is 4. The van der Waals surface area contributed by atoms with Crippen LogP contribution in [0, 0.1) is 11.8 Å². The van der Waals surface area contributed by atoms with Crippen molar-refractivity contribution in [2.75, 3.05) is 24.5 Å². The molecule has 3 atom stereocenters. The van der Waals surface area contributed by atoms with Gasteiger partial charge in [0.05, 0.1) is 17.4 Å². The first kappa shape index (κ1) is 17.6. The van der Waals surface area contributed by atoms with Crippen molar-refractivity contribution >= 4 is 11.9 Å². The largest absolute Gasteiger partial charge is 0.341 e.